The summed E-state index contributed by atoms with van der Waals surface area (Å²) < 4.78 is 5.57. The Morgan fingerprint density at radius 2 is 1.94 bits per heavy atom. The molecule has 2 nitrogen and oxygen atoms in total. The van der Waals surface area contributed by atoms with Crippen LogP contribution < -0.4 is 10.5 Å². The molecule has 0 amide bonds. The number of fused-ring (bicyclic) bond motifs is 1. The van der Waals surface area contributed by atoms with Crippen molar-refractivity contribution < 1.29 is 4.74 Å². The number of hydrogen-bond acceptors (Lipinski definition) is 2. The van der Waals surface area contributed by atoms with Crippen LogP contribution in [0.4, 0.5) is 0 Å². The topological polar surface area (TPSA) is 35.2 Å². The maximum atomic E-state index is 6.58. The Morgan fingerprint density at radius 1 is 1.22 bits per heavy atom. The first-order valence-corrected chi connectivity index (χ1v) is 7.21. The van der Waals surface area contributed by atoms with Crippen molar-refractivity contribution in [2.75, 3.05) is 7.11 Å². The van der Waals surface area contributed by atoms with Gasteiger partial charge in [0.25, 0.3) is 0 Å². The molecular formula is C15H20ClNO. The molecule has 0 heterocycles. The summed E-state index contributed by atoms with van der Waals surface area (Å²) in [7, 11) is 1.70. The highest BCUT2D eigenvalue weighted by Crippen LogP contribution is 2.46. The van der Waals surface area contributed by atoms with Crippen LogP contribution in [-0.4, -0.2) is 7.11 Å². The monoisotopic (exact) mass is 265 g/mol. The van der Waals surface area contributed by atoms with Crippen LogP contribution >= 0.6 is 11.6 Å². The minimum Gasteiger partial charge on any atom is -0.495 e. The highest BCUT2D eigenvalue weighted by Gasteiger charge is 2.36. The number of ether oxygens (including phenoxy) is 1. The van der Waals surface area contributed by atoms with Crippen LogP contribution in [0.2, 0.25) is 5.02 Å². The van der Waals surface area contributed by atoms with E-state index in [0.717, 1.165) is 42.0 Å². The molecule has 1 aromatic carbocycles. The van der Waals surface area contributed by atoms with E-state index in [-0.39, 0.29) is 5.54 Å². The summed E-state index contributed by atoms with van der Waals surface area (Å²) in [6, 6.07) is 2.26. The lowest BCUT2D eigenvalue weighted by atomic mass is 9.86. The van der Waals surface area contributed by atoms with Gasteiger partial charge in [0, 0.05) is 11.1 Å². The van der Waals surface area contributed by atoms with E-state index in [2.05, 4.69) is 6.07 Å². The molecule has 0 aliphatic heterocycles. The Kier molecular flexibility index (Phi) is 3.03. The first kappa shape index (κ1) is 12.3. The molecule has 0 saturated heterocycles. The number of aryl methyl sites for hydroxylation is 1. The third-order valence-corrected chi connectivity index (χ3v) is 4.92. The number of methoxy groups -OCH3 is 1. The lowest BCUT2D eigenvalue weighted by Gasteiger charge is -2.28. The van der Waals surface area contributed by atoms with Crippen LogP contribution in [0.3, 0.4) is 0 Å². The molecule has 3 rings (SSSR count). The van der Waals surface area contributed by atoms with Crippen LogP contribution in [0.25, 0.3) is 0 Å². The third-order valence-electron chi connectivity index (χ3n) is 4.52. The normalized spacial score (nSPS) is 21.1. The van der Waals surface area contributed by atoms with E-state index < -0.39 is 0 Å². The highest BCUT2D eigenvalue weighted by atomic mass is 35.5. The van der Waals surface area contributed by atoms with Gasteiger partial charge in [-0.3, -0.25) is 0 Å². The average Bonchev–Trinajstić information content (AvgIpc) is 2.98. The van der Waals surface area contributed by atoms with Crippen LogP contribution in [0.1, 0.15) is 48.8 Å². The number of rotatable bonds is 2. The smallest absolute Gasteiger partial charge is 0.142 e. The summed E-state index contributed by atoms with van der Waals surface area (Å²) in [5, 5.41) is 0.805. The van der Waals surface area contributed by atoms with Gasteiger partial charge in [-0.15, -0.1) is 0 Å². The standard InChI is InChI=1S/C15H20ClNO/c1-18-14-12(15(17)7-2-3-8-15)9-10-5-4-6-11(10)13(14)16/h9H,2-8,17H2,1H3. The lowest BCUT2D eigenvalue weighted by molar-refractivity contribution is 0.379. The lowest BCUT2D eigenvalue weighted by Crippen LogP contribution is -2.33. The van der Waals surface area contributed by atoms with E-state index >= 15 is 0 Å². The van der Waals surface area contributed by atoms with Crippen molar-refractivity contribution in [1.82, 2.24) is 0 Å². The van der Waals surface area contributed by atoms with Gasteiger partial charge >= 0.3 is 0 Å². The van der Waals surface area contributed by atoms with Gasteiger partial charge < -0.3 is 10.5 Å². The molecule has 98 valence electrons. The second-order valence-electron chi connectivity index (χ2n) is 5.63. The molecular weight excluding hydrogens is 246 g/mol. The zero-order chi connectivity index (χ0) is 12.8. The van der Waals surface area contributed by atoms with Gasteiger partial charge in [0.2, 0.25) is 0 Å². The minimum absolute atomic E-state index is 0.230. The van der Waals surface area contributed by atoms with E-state index in [9.17, 15) is 0 Å². The molecule has 1 fully saturated rings. The maximum Gasteiger partial charge on any atom is 0.142 e. The summed E-state index contributed by atoms with van der Waals surface area (Å²) in [4.78, 5) is 0. The number of nitrogens with two attached hydrogens (primary N) is 1. The van der Waals surface area contributed by atoms with Crippen LogP contribution in [0, 0.1) is 0 Å². The highest BCUT2D eigenvalue weighted by molar-refractivity contribution is 6.33. The molecule has 0 spiro atoms. The van der Waals surface area contributed by atoms with Crippen LogP contribution in [0.5, 0.6) is 5.75 Å². The second-order valence-corrected chi connectivity index (χ2v) is 6.00. The van der Waals surface area contributed by atoms with Gasteiger partial charge in [-0.1, -0.05) is 24.4 Å². The van der Waals surface area contributed by atoms with E-state index in [4.69, 9.17) is 22.1 Å². The molecule has 0 bridgehead atoms. The van der Waals surface area contributed by atoms with Crippen molar-refractivity contribution in [1.29, 1.82) is 0 Å². The summed E-state index contributed by atoms with van der Waals surface area (Å²) in [5.41, 5.74) is 10.1. The fraction of sp³-hybridized carbons (Fsp3) is 0.600. The van der Waals surface area contributed by atoms with Gasteiger partial charge in [0.15, 0.2) is 0 Å². The minimum atomic E-state index is -0.230. The fourth-order valence-electron chi connectivity index (χ4n) is 3.52. The summed E-state index contributed by atoms with van der Waals surface area (Å²) >= 11 is 6.52. The average molecular weight is 266 g/mol. The quantitative estimate of drug-likeness (QED) is 0.887. The Labute approximate surface area is 113 Å². The van der Waals surface area contributed by atoms with Gasteiger partial charge in [0.05, 0.1) is 12.1 Å². The van der Waals surface area contributed by atoms with Gasteiger partial charge in [0.1, 0.15) is 5.75 Å². The van der Waals surface area contributed by atoms with E-state index in [0.29, 0.717) is 0 Å². The van der Waals surface area contributed by atoms with E-state index in [1.54, 1.807) is 7.11 Å². The van der Waals surface area contributed by atoms with Crippen LogP contribution in [-0.2, 0) is 18.4 Å². The second kappa shape index (κ2) is 4.43. The van der Waals surface area contributed by atoms with Crippen molar-refractivity contribution in [3.8, 4) is 5.75 Å². The summed E-state index contributed by atoms with van der Waals surface area (Å²) in [6.07, 6.45) is 7.88. The first-order valence-electron chi connectivity index (χ1n) is 6.83. The number of hydrogen-bond donors (Lipinski definition) is 1. The van der Waals surface area contributed by atoms with E-state index in [1.165, 1.54) is 30.4 Å². The zero-order valence-electron chi connectivity index (χ0n) is 10.9. The van der Waals surface area contributed by atoms with Crippen molar-refractivity contribution in [3.05, 3.63) is 27.8 Å². The molecule has 0 unspecified atom stereocenters. The molecule has 0 atom stereocenters. The first-order chi connectivity index (χ1) is 8.65. The molecule has 1 aromatic rings. The predicted octanol–water partition coefficient (Wildman–Crippen LogP) is 3.57. The van der Waals surface area contributed by atoms with Gasteiger partial charge in [-0.05, 0) is 49.3 Å². The summed E-state index contributed by atoms with van der Waals surface area (Å²) in [5.74, 6) is 0.821. The van der Waals surface area contributed by atoms with Crippen molar-refractivity contribution in [2.45, 2.75) is 50.5 Å². The predicted molar refractivity (Wildman–Crippen MR) is 74.4 cm³/mol. The van der Waals surface area contributed by atoms with Gasteiger partial charge in [-0.2, -0.15) is 0 Å². The molecule has 2 aliphatic carbocycles. The fourth-order valence-corrected chi connectivity index (χ4v) is 3.91. The summed E-state index contributed by atoms with van der Waals surface area (Å²) in [6.45, 7) is 0. The largest absolute Gasteiger partial charge is 0.495 e. The van der Waals surface area contributed by atoms with Crippen molar-refractivity contribution in [3.63, 3.8) is 0 Å². The van der Waals surface area contributed by atoms with Crippen molar-refractivity contribution in [2.24, 2.45) is 5.73 Å². The Balaban J connectivity index is 2.16. The number of benzene rings is 1. The molecule has 1 saturated carbocycles. The Bertz CT molecular complexity index is 478. The van der Waals surface area contributed by atoms with E-state index in [1.807, 2.05) is 0 Å². The van der Waals surface area contributed by atoms with Gasteiger partial charge in [-0.25, -0.2) is 0 Å². The molecule has 2 aliphatic rings. The maximum absolute atomic E-state index is 6.58. The molecule has 2 N–H and O–H groups in total. The molecule has 18 heavy (non-hydrogen) atoms. The Hall–Kier alpha value is -0.730. The molecule has 3 heteroatoms. The van der Waals surface area contributed by atoms with Crippen molar-refractivity contribution >= 4 is 11.6 Å². The molecule has 0 radical (unpaired) electrons. The zero-order valence-corrected chi connectivity index (χ0v) is 11.6. The third kappa shape index (κ3) is 1.74. The SMILES string of the molecule is COc1c(C2(N)CCCC2)cc2c(c1Cl)CCC2. The van der Waals surface area contributed by atoms with Crippen LogP contribution in [0.15, 0.2) is 6.07 Å². The number of halogens is 1. The Morgan fingerprint density at radius 3 is 2.61 bits per heavy atom. The molecule has 0 aromatic heterocycles.